The number of H-pyrrole nitrogens is 1. The van der Waals surface area contributed by atoms with Crippen LogP contribution in [0.3, 0.4) is 0 Å². The molecule has 3 heterocycles. The molecule has 0 fully saturated rings. The molecule has 6 heteroatoms. The van der Waals surface area contributed by atoms with Crippen LogP contribution in [-0.4, -0.2) is 20.1 Å². The van der Waals surface area contributed by atoms with E-state index in [-0.39, 0.29) is 0 Å². The minimum absolute atomic E-state index is 0.589. The molecule has 0 spiro atoms. The van der Waals surface area contributed by atoms with E-state index in [0.29, 0.717) is 18.2 Å². The molecule has 4 rings (SSSR count). The van der Waals surface area contributed by atoms with Crippen LogP contribution in [0.2, 0.25) is 0 Å². The van der Waals surface area contributed by atoms with Gasteiger partial charge in [-0.25, -0.2) is 4.98 Å². The molecule has 0 saturated heterocycles. The molecule has 0 aliphatic rings. The number of fused-ring (bicyclic) bond motifs is 2. The molecular weight excluding hydrogens is 330 g/mol. The molecule has 1 aromatic carbocycles. The van der Waals surface area contributed by atoms with Gasteiger partial charge in [-0.3, -0.25) is 4.98 Å². The Bertz CT molecular complexity index is 1040. The van der Waals surface area contributed by atoms with Crippen molar-refractivity contribution in [2.75, 3.05) is 0 Å². The monoisotopic (exact) mass is 347 g/mol. The number of nitrogens with zero attached hydrogens (tertiary/aromatic N) is 2. The fourth-order valence-corrected chi connectivity index (χ4v) is 2.92. The first-order chi connectivity index (χ1) is 12.3. The molecule has 25 heavy (non-hydrogen) atoms. The average Bonchev–Trinajstić information content (AvgIpc) is 3.08. The van der Waals surface area contributed by atoms with Crippen molar-refractivity contribution >= 4 is 39.3 Å². The number of nitrogens with one attached hydrogen (secondary N) is 3. The summed E-state index contributed by atoms with van der Waals surface area (Å²) in [6.07, 6.45) is 3.73. The Labute approximate surface area is 150 Å². The van der Waals surface area contributed by atoms with E-state index in [1.54, 1.807) is 6.20 Å². The number of benzene rings is 1. The molecule has 4 aromatic rings. The van der Waals surface area contributed by atoms with E-state index in [4.69, 9.17) is 12.2 Å². The largest absolute Gasteiger partial charge is 0.359 e. The second-order valence-corrected chi connectivity index (χ2v) is 6.15. The summed E-state index contributed by atoms with van der Waals surface area (Å²) in [6.45, 7) is 1.23. The standard InChI is InChI=1S/C19H17N5S/c25-19(22-11-14-10-21-18-16(14)5-3-9-20-18)23-12-15-8-7-13-4-1-2-6-17(13)24-15/h1-10H,11-12H2,(H,20,21)(H2,22,23,25). The van der Waals surface area contributed by atoms with E-state index in [1.807, 2.05) is 42.6 Å². The first-order valence-electron chi connectivity index (χ1n) is 8.07. The van der Waals surface area contributed by atoms with Gasteiger partial charge in [0.2, 0.25) is 0 Å². The Morgan fingerprint density at radius 1 is 1.00 bits per heavy atom. The number of hydrogen-bond donors (Lipinski definition) is 3. The lowest BCUT2D eigenvalue weighted by Crippen LogP contribution is -2.34. The van der Waals surface area contributed by atoms with Crippen molar-refractivity contribution in [3.63, 3.8) is 0 Å². The summed E-state index contributed by atoms with van der Waals surface area (Å²) in [4.78, 5) is 12.1. The highest BCUT2D eigenvalue weighted by Gasteiger charge is 2.05. The van der Waals surface area contributed by atoms with Gasteiger partial charge in [0.25, 0.3) is 0 Å². The Balaban J connectivity index is 1.35. The van der Waals surface area contributed by atoms with Crippen LogP contribution in [0.1, 0.15) is 11.3 Å². The Hall–Kier alpha value is -2.99. The topological polar surface area (TPSA) is 65.6 Å². The highest BCUT2D eigenvalue weighted by Crippen LogP contribution is 2.15. The van der Waals surface area contributed by atoms with Gasteiger partial charge in [-0.05, 0) is 42.0 Å². The van der Waals surface area contributed by atoms with Crippen LogP contribution in [0, 0.1) is 0 Å². The summed E-state index contributed by atoms with van der Waals surface area (Å²) in [6, 6.07) is 16.2. The van der Waals surface area contributed by atoms with Gasteiger partial charge in [0, 0.05) is 29.7 Å². The lowest BCUT2D eigenvalue weighted by atomic mass is 10.2. The first-order valence-corrected chi connectivity index (χ1v) is 8.48. The van der Waals surface area contributed by atoms with Crippen LogP contribution < -0.4 is 10.6 Å². The predicted octanol–water partition coefficient (Wildman–Crippen LogP) is 3.28. The van der Waals surface area contributed by atoms with E-state index in [0.717, 1.165) is 33.2 Å². The molecule has 0 aliphatic heterocycles. The molecule has 0 bridgehead atoms. The maximum atomic E-state index is 5.37. The molecule has 3 aromatic heterocycles. The molecule has 0 atom stereocenters. The normalized spacial score (nSPS) is 10.9. The molecule has 0 aliphatic carbocycles. The number of pyridine rings is 2. The lowest BCUT2D eigenvalue weighted by Gasteiger charge is -2.10. The fraction of sp³-hybridized carbons (Fsp3) is 0.105. The molecule has 0 amide bonds. The highest BCUT2D eigenvalue weighted by molar-refractivity contribution is 7.80. The Morgan fingerprint density at radius 2 is 1.88 bits per heavy atom. The van der Waals surface area contributed by atoms with Crippen LogP contribution in [-0.2, 0) is 13.1 Å². The number of hydrogen-bond acceptors (Lipinski definition) is 3. The minimum Gasteiger partial charge on any atom is -0.359 e. The van der Waals surface area contributed by atoms with Crippen molar-refractivity contribution in [3.8, 4) is 0 Å². The van der Waals surface area contributed by atoms with Gasteiger partial charge in [-0.1, -0.05) is 24.3 Å². The third kappa shape index (κ3) is 3.44. The van der Waals surface area contributed by atoms with Crippen LogP contribution in [0.15, 0.2) is 60.9 Å². The van der Waals surface area contributed by atoms with E-state index >= 15 is 0 Å². The van der Waals surface area contributed by atoms with Crippen molar-refractivity contribution in [2.24, 2.45) is 0 Å². The van der Waals surface area contributed by atoms with Gasteiger partial charge in [0.05, 0.1) is 17.8 Å². The van der Waals surface area contributed by atoms with Crippen LogP contribution in [0.25, 0.3) is 21.9 Å². The van der Waals surface area contributed by atoms with E-state index in [1.165, 1.54) is 0 Å². The predicted molar refractivity (Wildman–Crippen MR) is 104 cm³/mol. The van der Waals surface area contributed by atoms with Gasteiger partial charge in [0.1, 0.15) is 5.65 Å². The summed E-state index contributed by atoms with van der Waals surface area (Å²) in [5, 5.41) is 9.28. The van der Waals surface area contributed by atoms with E-state index in [2.05, 4.69) is 37.7 Å². The van der Waals surface area contributed by atoms with Gasteiger partial charge in [-0.15, -0.1) is 0 Å². The number of rotatable bonds is 4. The van der Waals surface area contributed by atoms with Gasteiger partial charge in [-0.2, -0.15) is 0 Å². The van der Waals surface area contributed by atoms with Crippen LogP contribution in [0.5, 0.6) is 0 Å². The van der Waals surface area contributed by atoms with Gasteiger partial charge < -0.3 is 15.6 Å². The summed E-state index contributed by atoms with van der Waals surface area (Å²) >= 11 is 5.37. The second kappa shape index (κ2) is 6.86. The zero-order valence-electron chi connectivity index (χ0n) is 13.5. The zero-order chi connectivity index (χ0) is 17.1. The fourth-order valence-electron chi connectivity index (χ4n) is 2.77. The quantitative estimate of drug-likeness (QED) is 0.495. The molecule has 0 radical (unpaired) electrons. The molecule has 0 unspecified atom stereocenters. The summed E-state index contributed by atoms with van der Waals surface area (Å²) < 4.78 is 0. The number of para-hydroxylation sites is 1. The third-order valence-corrected chi connectivity index (χ3v) is 4.35. The highest BCUT2D eigenvalue weighted by atomic mass is 32.1. The smallest absolute Gasteiger partial charge is 0.166 e. The van der Waals surface area contributed by atoms with Crippen molar-refractivity contribution in [1.82, 2.24) is 25.6 Å². The van der Waals surface area contributed by atoms with E-state index < -0.39 is 0 Å². The average molecular weight is 347 g/mol. The third-order valence-electron chi connectivity index (χ3n) is 4.06. The maximum Gasteiger partial charge on any atom is 0.166 e. The molecule has 3 N–H and O–H groups in total. The number of thiocarbonyl (C=S) groups is 1. The maximum absolute atomic E-state index is 5.37. The zero-order valence-corrected chi connectivity index (χ0v) is 14.3. The first kappa shape index (κ1) is 15.5. The van der Waals surface area contributed by atoms with Crippen LogP contribution in [0.4, 0.5) is 0 Å². The van der Waals surface area contributed by atoms with Crippen molar-refractivity contribution in [3.05, 3.63) is 72.2 Å². The number of aromatic amines is 1. The Kier molecular flexibility index (Phi) is 4.26. The van der Waals surface area contributed by atoms with Gasteiger partial charge >= 0.3 is 0 Å². The summed E-state index contributed by atoms with van der Waals surface area (Å²) in [7, 11) is 0. The second-order valence-electron chi connectivity index (χ2n) is 5.75. The van der Waals surface area contributed by atoms with Gasteiger partial charge in [0.15, 0.2) is 5.11 Å². The molecule has 5 nitrogen and oxygen atoms in total. The van der Waals surface area contributed by atoms with Crippen LogP contribution >= 0.6 is 12.2 Å². The summed E-state index contributed by atoms with van der Waals surface area (Å²) in [5.74, 6) is 0. The SMILES string of the molecule is S=C(NCc1ccc2ccccc2n1)NCc1c[nH]c2ncccc12. The molecule has 124 valence electrons. The lowest BCUT2D eigenvalue weighted by molar-refractivity contribution is 0.821. The summed E-state index contributed by atoms with van der Waals surface area (Å²) in [5.41, 5.74) is 3.97. The Morgan fingerprint density at radius 3 is 2.84 bits per heavy atom. The van der Waals surface area contributed by atoms with Crippen molar-refractivity contribution in [1.29, 1.82) is 0 Å². The minimum atomic E-state index is 0.589. The molecular formula is C19H17N5S. The number of aromatic nitrogens is 3. The van der Waals surface area contributed by atoms with E-state index in [9.17, 15) is 0 Å². The molecule has 0 saturated carbocycles. The van der Waals surface area contributed by atoms with Crippen molar-refractivity contribution < 1.29 is 0 Å². The van der Waals surface area contributed by atoms with Crippen molar-refractivity contribution in [2.45, 2.75) is 13.1 Å².